The van der Waals surface area contributed by atoms with Gasteiger partial charge in [0.25, 0.3) is 0 Å². The second kappa shape index (κ2) is 5.24. The van der Waals surface area contributed by atoms with Gasteiger partial charge in [0.05, 0.1) is 5.39 Å². The molecule has 2 aromatic rings. The quantitative estimate of drug-likeness (QED) is 0.847. The van der Waals surface area contributed by atoms with E-state index in [1.54, 1.807) is 0 Å². The van der Waals surface area contributed by atoms with Gasteiger partial charge in [-0.25, -0.2) is 9.97 Å². The van der Waals surface area contributed by atoms with E-state index >= 15 is 0 Å². The first-order valence-electron chi connectivity index (χ1n) is 8.30. The average molecular weight is 301 g/mol. The topological polar surface area (TPSA) is 51.8 Å². The molecule has 2 aliphatic carbocycles. The Bertz CT molecular complexity index is 668. The van der Waals surface area contributed by atoms with Gasteiger partial charge in [-0.15, -0.1) is 11.3 Å². The molecular formula is C17H23N3S. The number of aromatic nitrogens is 2. The van der Waals surface area contributed by atoms with Crippen LogP contribution in [-0.4, -0.2) is 9.97 Å². The van der Waals surface area contributed by atoms with E-state index in [-0.39, 0.29) is 0 Å². The van der Waals surface area contributed by atoms with Gasteiger partial charge in [-0.2, -0.15) is 0 Å². The third-order valence-electron chi connectivity index (χ3n) is 5.24. The van der Waals surface area contributed by atoms with Crippen LogP contribution in [-0.2, 0) is 12.8 Å². The molecule has 0 unspecified atom stereocenters. The van der Waals surface area contributed by atoms with Crippen molar-refractivity contribution in [2.75, 3.05) is 5.73 Å². The van der Waals surface area contributed by atoms with E-state index in [1.807, 2.05) is 11.3 Å². The second-order valence-corrected chi connectivity index (χ2v) is 7.90. The van der Waals surface area contributed by atoms with Gasteiger partial charge in [0, 0.05) is 10.8 Å². The fraction of sp³-hybridized carbons (Fsp3) is 0.647. The number of fused-ring (bicyclic) bond motifs is 3. The van der Waals surface area contributed by atoms with Gasteiger partial charge in [-0.3, -0.25) is 0 Å². The summed E-state index contributed by atoms with van der Waals surface area (Å²) in [6.45, 7) is 2.35. The van der Waals surface area contributed by atoms with E-state index in [0.29, 0.717) is 5.92 Å². The Morgan fingerprint density at radius 2 is 1.81 bits per heavy atom. The number of nitrogen functional groups attached to an aromatic ring is 1. The highest BCUT2D eigenvalue weighted by Crippen LogP contribution is 2.40. The summed E-state index contributed by atoms with van der Waals surface area (Å²) in [6.07, 6.45) is 9.98. The first kappa shape index (κ1) is 13.5. The number of anilines is 1. The number of rotatable bonds is 1. The summed E-state index contributed by atoms with van der Waals surface area (Å²) in [6, 6.07) is 0. The number of aryl methyl sites for hydroxylation is 2. The third kappa shape index (κ3) is 2.33. The van der Waals surface area contributed by atoms with E-state index in [9.17, 15) is 0 Å². The second-order valence-electron chi connectivity index (χ2n) is 6.81. The monoisotopic (exact) mass is 301 g/mol. The molecule has 2 aromatic heterocycles. The molecule has 4 rings (SSSR count). The minimum atomic E-state index is 0.520. The molecular weight excluding hydrogens is 278 g/mol. The SMILES string of the molecule is CC1CCC(c2nc(N)c3c4c(sc3n2)CCCC4)CC1. The number of nitrogens with two attached hydrogens (primary N) is 1. The van der Waals surface area contributed by atoms with Crippen LogP contribution >= 0.6 is 11.3 Å². The van der Waals surface area contributed by atoms with Crippen molar-refractivity contribution in [3.63, 3.8) is 0 Å². The molecule has 112 valence electrons. The summed E-state index contributed by atoms with van der Waals surface area (Å²) < 4.78 is 0. The highest BCUT2D eigenvalue weighted by Gasteiger charge is 2.25. The van der Waals surface area contributed by atoms with Crippen molar-refractivity contribution < 1.29 is 0 Å². The summed E-state index contributed by atoms with van der Waals surface area (Å²) in [7, 11) is 0. The Morgan fingerprint density at radius 1 is 1.05 bits per heavy atom. The smallest absolute Gasteiger partial charge is 0.136 e. The highest BCUT2D eigenvalue weighted by molar-refractivity contribution is 7.19. The van der Waals surface area contributed by atoms with Gasteiger partial charge in [-0.1, -0.05) is 19.8 Å². The summed E-state index contributed by atoms with van der Waals surface area (Å²) >= 11 is 1.86. The number of hydrogen-bond donors (Lipinski definition) is 1. The van der Waals surface area contributed by atoms with Crippen LogP contribution in [0.3, 0.4) is 0 Å². The number of hydrogen-bond acceptors (Lipinski definition) is 4. The van der Waals surface area contributed by atoms with Crippen LogP contribution in [0.5, 0.6) is 0 Å². The molecule has 0 atom stereocenters. The van der Waals surface area contributed by atoms with E-state index in [4.69, 9.17) is 15.7 Å². The third-order valence-corrected chi connectivity index (χ3v) is 6.43. The van der Waals surface area contributed by atoms with Gasteiger partial charge in [0.1, 0.15) is 16.5 Å². The molecule has 2 N–H and O–H groups in total. The normalized spacial score (nSPS) is 26.0. The fourth-order valence-corrected chi connectivity index (χ4v) is 5.18. The Balaban J connectivity index is 1.75. The van der Waals surface area contributed by atoms with Gasteiger partial charge in [-0.05, 0) is 50.0 Å². The largest absolute Gasteiger partial charge is 0.383 e. The maximum atomic E-state index is 6.32. The van der Waals surface area contributed by atoms with Crippen molar-refractivity contribution in [2.45, 2.75) is 64.2 Å². The average Bonchev–Trinajstić information content (AvgIpc) is 2.86. The van der Waals surface area contributed by atoms with Crippen LogP contribution in [0.4, 0.5) is 5.82 Å². The molecule has 0 saturated heterocycles. The minimum absolute atomic E-state index is 0.520. The maximum Gasteiger partial charge on any atom is 0.136 e. The Morgan fingerprint density at radius 3 is 2.62 bits per heavy atom. The Kier molecular flexibility index (Phi) is 3.37. The predicted molar refractivity (Wildman–Crippen MR) is 88.8 cm³/mol. The summed E-state index contributed by atoms with van der Waals surface area (Å²) in [5.41, 5.74) is 7.76. The van der Waals surface area contributed by atoms with Crippen molar-refractivity contribution in [1.82, 2.24) is 9.97 Å². The zero-order valence-corrected chi connectivity index (χ0v) is 13.5. The molecule has 4 heteroatoms. The van der Waals surface area contributed by atoms with Crippen molar-refractivity contribution in [3.05, 3.63) is 16.3 Å². The standard InChI is InChI=1S/C17H23N3S/c1-10-6-8-11(9-7-10)16-19-15(18)14-12-4-2-3-5-13(12)21-17(14)20-16/h10-11H,2-9H2,1H3,(H2,18,19,20). The first-order valence-corrected chi connectivity index (χ1v) is 9.11. The van der Waals surface area contributed by atoms with Crippen LogP contribution in [0, 0.1) is 5.92 Å². The zero-order valence-electron chi connectivity index (χ0n) is 12.7. The lowest BCUT2D eigenvalue weighted by Gasteiger charge is -2.25. The molecule has 0 aliphatic heterocycles. The molecule has 0 radical (unpaired) electrons. The van der Waals surface area contributed by atoms with Gasteiger partial charge < -0.3 is 5.73 Å². The predicted octanol–water partition coefficient (Wildman–Crippen LogP) is 4.45. The lowest BCUT2D eigenvalue weighted by atomic mass is 9.82. The molecule has 0 spiro atoms. The highest BCUT2D eigenvalue weighted by atomic mass is 32.1. The van der Waals surface area contributed by atoms with Crippen molar-refractivity contribution >= 4 is 27.4 Å². The van der Waals surface area contributed by atoms with Gasteiger partial charge in [0.15, 0.2) is 0 Å². The van der Waals surface area contributed by atoms with Crippen LogP contribution in [0.1, 0.15) is 67.6 Å². The van der Waals surface area contributed by atoms with Crippen LogP contribution in [0.2, 0.25) is 0 Å². The van der Waals surface area contributed by atoms with Crippen molar-refractivity contribution in [3.8, 4) is 0 Å². The molecule has 0 bridgehead atoms. The molecule has 1 fully saturated rings. The van der Waals surface area contributed by atoms with E-state index in [2.05, 4.69) is 6.92 Å². The number of nitrogens with zero attached hydrogens (tertiary/aromatic N) is 2. The number of thiophene rings is 1. The Hall–Kier alpha value is -1.16. The summed E-state index contributed by atoms with van der Waals surface area (Å²) in [5, 5.41) is 1.17. The lowest BCUT2D eigenvalue weighted by molar-refractivity contribution is 0.340. The fourth-order valence-electron chi connectivity index (χ4n) is 3.90. The molecule has 2 heterocycles. The van der Waals surface area contributed by atoms with Crippen LogP contribution < -0.4 is 5.73 Å². The molecule has 0 amide bonds. The van der Waals surface area contributed by atoms with Gasteiger partial charge >= 0.3 is 0 Å². The zero-order chi connectivity index (χ0) is 14.4. The van der Waals surface area contributed by atoms with Crippen molar-refractivity contribution in [2.24, 2.45) is 5.92 Å². The van der Waals surface area contributed by atoms with Gasteiger partial charge in [0.2, 0.25) is 0 Å². The summed E-state index contributed by atoms with van der Waals surface area (Å²) in [5.74, 6) is 3.11. The maximum absolute atomic E-state index is 6.32. The lowest BCUT2D eigenvalue weighted by Crippen LogP contribution is -2.14. The molecule has 3 nitrogen and oxygen atoms in total. The van der Waals surface area contributed by atoms with E-state index < -0.39 is 0 Å². The van der Waals surface area contributed by atoms with Crippen LogP contribution in [0.15, 0.2) is 0 Å². The van der Waals surface area contributed by atoms with Crippen molar-refractivity contribution in [1.29, 1.82) is 0 Å². The van der Waals surface area contributed by atoms with Crippen LogP contribution in [0.25, 0.3) is 10.2 Å². The first-order chi connectivity index (χ1) is 10.2. The minimum Gasteiger partial charge on any atom is -0.383 e. The molecule has 1 saturated carbocycles. The molecule has 0 aromatic carbocycles. The van der Waals surface area contributed by atoms with E-state index in [1.165, 1.54) is 60.8 Å². The Labute approximate surface area is 130 Å². The molecule has 2 aliphatic rings. The summed E-state index contributed by atoms with van der Waals surface area (Å²) in [4.78, 5) is 12.3. The van der Waals surface area contributed by atoms with E-state index in [0.717, 1.165) is 28.8 Å². The molecule has 21 heavy (non-hydrogen) atoms.